The van der Waals surface area contributed by atoms with Gasteiger partial charge in [0.25, 0.3) is 15.9 Å². The standard InChI is InChI=1S/C19H20N2O7S/c1-26-14-9-16(28-3)15(27-2)8-12(14)10-20-18(22)11-21-19(23)13-6-4-5-7-17(13)29(21,24)25/h4-9H,10-11H2,1-3H3,(H,20,22). The lowest BCUT2D eigenvalue weighted by Gasteiger charge is -2.16. The maximum Gasteiger partial charge on any atom is 0.269 e. The van der Waals surface area contributed by atoms with Gasteiger partial charge in [0.2, 0.25) is 5.91 Å². The van der Waals surface area contributed by atoms with Crippen LogP contribution >= 0.6 is 0 Å². The van der Waals surface area contributed by atoms with Crippen LogP contribution in [-0.2, 0) is 21.4 Å². The van der Waals surface area contributed by atoms with E-state index >= 15 is 0 Å². The molecule has 1 aliphatic rings. The number of carbonyl (C=O) groups excluding carboxylic acids is 2. The number of nitrogens with one attached hydrogen (secondary N) is 1. The molecule has 2 aromatic rings. The molecular formula is C19H20N2O7S. The van der Waals surface area contributed by atoms with Gasteiger partial charge >= 0.3 is 0 Å². The number of ether oxygens (including phenoxy) is 3. The fourth-order valence-corrected chi connectivity index (χ4v) is 4.52. The number of rotatable bonds is 7. The van der Waals surface area contributed by atoms with Crippen molar-refractivity contribution in [3.63, 3.8) is 0 Å². The topological polar surface area (TPSA) is 111 Å². The van der Waals surface area contributed by atoms with Gasteiger partial charge in [-0.05, 0) is 18.2 Å². The first kappa shape index (κ1) is 20.5. The van der Waals surface area contributed by atoms with Gasteiger partial charge in [0.05, 0.1) is 26.9 Å². The Hall–Kier alpha value is -3.27. The van der Waals surface area contributed by atoms with Gasteiger partial charge in [-0.2, -0.15) is 0 Å². The van der Waals surface area contributed by atoms with Gasteiger partial charge < -0.3 is 19.5 Å². The van der Waals surface area contributed by atoms with Crippen LogP contribution in [0.1, 0.15) is 15.9 Å². The van der Waals surface area contributed by atoms with Crippen LogP contribution in [0.3, 0.4) is 0 Å². The molecule has 3 rings (SSSR count). The molecule has 2 aromatic carbocycles. The van der Waals surface area contributed by atoms with Gasteiger partial charge in [-0.3, -0.25) is 9.59 Å². The Labute approximate surface area is 168 Å². The van der Waals surface area contributed by atoms with Crippen molar-refractivity contribution in [1.29, 1.82) is 0 Å². The minimum absolute atomic E-state index is 0.0391. The minimum Gasteiger partial charge on any atom is -0.496 e. The second-order valence-corrected chi connectivity index (χ2v) is 7.94. The van der Waals surface area contributed by atoms with Crippen molar-refractivity contribution in [2.24, 2.45) is 0 Å². The number of methoxy groups -OCH3 is 3. The van der Waals surface area contributed by atoms with E-state index < -0.39 is 28.4 Å². The molecule has 0 radical (unpaired) electrons. The highest BCUT2D eigenvalue weighted by molar-refractivity contribution is 7.90. The normalized spacial score (nSPS) is 14.3. The number of benzene rings is 2. The summed E-state index contributed by atoms with van der Waals surface area (Å²) in [6.07, 6.45) is 0. The lowest BCUT2D eigenvalue weighted by Crippen LogP contribution is -2.40. The van der Waals surface area contributed by atoms with Crippen molar-refractivity contribution < 1.29 is 32.2 Å². The molecule has 0 bridgehead atoms. The van der Waals surface area contributed by atoms with E-state index in [9.17, 15) is 18.0 Å². The van der Waals surface area contributed by atoms with Gasteiger partial charge in [0.1, 0.15) is 17.2 Å². The van der Waals surface area contributed by atoms with Crippen molar-refractivity contribution in [2.45, 2.75) is 11.4 Å². The van der Waals surface area contributed by atoms with Crippen LogP contribution in [-0.4, -0.2) is 52.4 Å². The predicted molar refractivity (Wildman–Crippen MR) is 103 cm³/mol. The molecule has 0 fully saturated rings. The zero-order chi connectivity index (χ0) is 21.2. The molecule has 0 spiro atoms. The van der Waals surface area contributed by atoms with E-state index in [2.05, 4.69) is 5.32 Å². The van der Waals surface area contributed by atoms with Crippen molar-refractivity contribution >= 4 is 21.8 Å². The summed E-state index contributed by atoms with van der Waals surface area (Å²) in [5.74, 6) is 0.0162. The monoisotopic (exact) mass is 420 g/mol. The Bertz CT molecular complexity index is 1070. The number of carbonyl (C=O) groups is 2. The lowest BCUT2D eigenvalue weighted by molar-refractivity contribution is -0.121. The minimum atomic E-state index is -4.04. The predicted octanol–water partition coefficient (Wildman–Crippen LogP) is 1.17. The summed E-state index contributed by atoms with van der Waals surface area (Å²) in [6.45, 7) is -0.581. The van der Waals surface area contributed by atoms with Crippen LogP contribution in [0.5, 0.6) is 17.2 Å². The molecule has 154 valence electrons. The second kappa shape index (κ2) is 8.00. The highest BCUT2D eigenvalue weighted by Crippen LogP contribution is 2.34. The summed E-state index contributed by atoms with van der Waals surface area (Å²) in [7, 11) is 0.398. The highest BCUT2D eigenvalue weighted by Gasteiger charge is 2.41. The number of nitrogens with zero attached hydrogens (tertiary/aromatic N) is 1. The Morgan fingerprint density at radius 3 is 2.24 bits per heavy atom. The number of fused-ring (bicyclic) bond motifs is 1. The molecule has 10 heteroatoms. The summed E-state index contributed by atoms with van der Waals surface area (Å²) >= 11 is 0. The fourth-order valence-electron chi connectivity index (χ4n) is 3.00. The third-order valence-corrected chi connectivity index (χ3v) is 6.25. The average molecular weight is 420 g/mol. The summed E-state index contributed by atoms with van der Waals surface area (Å²) in [5.41, 5.74) is 0.652. The maximum absolute atomic E-state index is 12.5. The maximum atomic E-state index is 12.5. The first-order valence-electron chi connectivity index (χ1n) is 8.55. The molecule has 0 aliphatic carbocycles. The number of amides is 2. The first-order valence-corrected chi connectivity index (χ1v) is 9.99. The second-order valence-electron chi connectivity index (χ2n) is 6.11. The lowest BCUT2D eigenvalue weighted by atomic mass is 10.1. The molecule has 1 N–H and O–H groups in total. The van der Waals surface area contributed by atoms with Crippen molar-refractivity contribution in [2.75, 3.05) is 27.9 Å². The van der Waals surface area contributed by atoms with E-state index in [-0.39, 0.29) is 17.0 Å². The molecule has 9 nitrogen and oxygen atoms in total. The molecule has 2 amide bonds. The Morgan fingerprint density at radius 2 is 1.62 bits per heavy atom. The molecule has 0 saturated carbocycles. The molecule has 1 aliphatic heterocycles. The van der Waals surface area contributed by atoms with Gasteiger partial charge in [-0.15, -0.1) is 0 Å². The molecular weight excluding hydrogens is 400 g/mol. The third-order valence-electron chi connectivity index (χ3n) is 4.46. The molecule has 0 unspecified atom stereocenters. The SMILES string of the molecule is COc1cc(OC)c(OC)cc1CNC(=O)CN1C(=O)c2ccccc2S1(=O)=O. The van der Waals surface area contributed by atoms with Crippen LogP contribution in [0.2, 0.25) is 0 Å². The van der Waals surface area contributed by atoms with Crippen LogP contribution in [0.4, 0.5) is 0 Å². The third kappa shape index (κ3) is 3.70. The van der Waals surface area contributed by atoms with Crippen molar-refractivity contribution in [1.82, 2.24) is 9.62 Å². The van der Waals surface area contributed by atoms with Crippen molar-refractivity contribution in [3.8, 4) is 17.2 Å². The summed E-state index contributed by atoms with van der Waals surface area (Å²) in [5, 5.41) is 2.60. The van der Waals surface area contributed by atoms with Crippen LogP contribution in [0.15, 0.2) is 41.3 Å². The fraction of sp³-hybridized carbons (Fsp3) is 0.263. The molecule has 1 heterocycles. The summed E-state index contributed by atoms with van der Waals surface area (Å²) < 4.78 is 41.4. The van der Waals surface area contributed by atoms with E-state index in [1.54, 1.807) is 18.2 Å². The first-order chi connectivity index (χ1) is 13.8. The Balaban J connectivity index is 1.74. The van der Waals surface area contributed by atoms with Crippen LogP contribution < -0.4 is 19.5 Å². The summed E-state index contributed by atoms with van der Waals surface area (Å²) in [4.78, 5) is 24.7. The molecule has 29 heavy (non-hydrogen) atoms. The zero-order valence-electron chi connectivity index (χ0n) is 16.1. The van der Waals surface area contributed by atoms with E-state index in [0.717, 1.165) is 0 Å². The van der Waals surface area contributed by atoms with Crippen molar-refractivity contribution in [3.05, 3.63) is 47.5 Å². The highest BCUT2D eigenvalue weighted by atomic mass is 32.2. The zero-order valence-corrected chi connectivity index (χ0v) is 16.9. The van der Waals surface area contributed by atoms with Crippen LogP contribution in [0, 0.1) is 0 Å². The number of hydrogen-bond donors (Lipinski definition) is 1. The number of sulfonamides is 1. The van der Waals surface area contributed by atoms with Gasteiger partial charge in [0.15, 0.2) is 11.5 Å². The largest absolute Gasteiger partial charge is 0.496 e. The molecule has 0 aromatic heterocycles. The van der Waals surface area contributed by atoms with E-state index in [0.29, 0.717) is 27.1 Å². The Kier molecular flexibility index (Phi) is 5.64. The van der Waals surface area contributed by atoms with Crippen LogP contribution in [0.25, 0.3) is 0 Å². The average Bonchev–Trinajstić information content (AvgIpc) is 2.92. The van der Waals surface area contributed by atoms with E-state index in [1.165, 1.54) is 39.5 Å². The van der Waals surface area contributed by atoms with Gasteiger partial charge in [-0.25, -0.2) is 12.7 Å². The summed E-state index contributed by atoms with van der Waals surface area (Å²) in [6, 6.07) is 9.11. The molecule has 0 atom stereocenters. The number of hydrogen-bond acceptors (Lipinski definition) is 7. The van der Waals surface area contributed by atoms with Gasteiger partial charge in [-0.1, -0.05) is 12.1 Å². The quantitative estimate of drug-likeness (QED) is 0.716. The van der Waals surface area contributed by atoms with Gasteiger partial charge in [0, 0.05) is 18.2 Å². The Morgan fingerprint density at radius 1 is 1.00 bits per heavy atom. The van der Waals surface area contributed by atoms with E-state index in [4.69, 9.17) is 14.2 Å². The molecule has 0 saturated heterocycles. The van der Waals surface area contributed by atoms with E-state index in [1.807, 2.05) is 0 Å². The smallest absolute Gasteiger partial charge is 0.269 e.